The van der Waals surface area contributed by atoms with Gasteiger partial charge in [-0.25, -0.2) is 12.8 Å². The lowest BCUT2D eigenvalue weighted by Gasteiger charge is -2.10. The van der Waals surface area contributed by atoms with Crippen LogP contribution < -0.4 is 10.5 Å². The highest BCUT2D eigenvalue weighted by Gasteiger charge is 2.17. The lowest BCUT2D eigenvalue weighted by Crippen LogP contribution is -2.14. The molecular formula is C13H13FN2O2S. The van der Waals surface area contributed by atoms with E-state index in [1.807, 2.05) is 0 Å². The van der Waals surface area contributed by atoms with Gasteiger partial charge in [0.25, 0.3) is 10.0 Å². The maximum Gasteiger partial charge on any atom is 0.262 e. The Kier molecular flexibility index (Phi) is 3.44. The van der Waals surface area contributed by atoms with Gasteiger partial charge in [0, 0.05) is 5.69 Å². The molecule has 3 N–H and O–H groups in total. The highest BCUT2D eigenvalue weighted by Crippen LogP contribution is 2.21. The molecule has 0 aromatic heterocycles. The predicted octanol–water partition coefficient (Wildman–Crippen LogP) is 2.52. The van der Waals surface area contributed by atoms with E-state index in [1.165, 1.54) is 18.2 Å². The minimum Gasteiger partial charge on any atom is -0.399 e. The summed E-state index contributed by atoms with van der Waals surface area (Å²) in [6.45, 7) is 1.60. The van der Waals surface area contributed by atoms with Crippen molar-refractivity contribution in [2.45, 2.75) is 11.8 Å². The van der Waals surface area contributed by atoms with Gasteiger partial charge in [0.15, 0.2) is 0 Å². The monoisotopic (exact) mass is 280 g/mol. The summed E-state index contributed by atoms with van der Waals surface area (Å²) in [7, 11) is -3.83. The Labute approximate surface area is 111 Å². The molecule has 0 unspecified atom stereocenters. The van der Waals surface area contributed by atoms with Crippen molar-refractivity contribution < 1.29 is 12.8 Å². The molecule has 0 fully saturated rings. The quantitative estimate of drug-likeness (QED) is 0.848. The number of nitrogens with two attached hydrogens (primary N) is 1. The second-order valence-corrected chi connectivity index (χ2v) is 5.79. The van der Waals surface area contributed by atoms with Crippen molar-refractivity contribution in [2.75, 3.05) is 10.5 Å². The fraction of sp³-hybridized carbons (Fsp3) is 0.0769. The van der Waals surface area contributed by atoms with Gasteiger partial charge >= 0.3 is 0 Å². The van der Waals surface area contributed by atoms with Crippen LogP contribution in [0.1, 0.15) is 5.56 Å². The summed E-state index contributed by atoms with van der Waals surface area (Å²) in [5.41, 5.74) is 6.82. The summed E-state index contributed by atoms with van der Waals surface area (Å²) >= 11 is 0. The van der Waals surface area contributed by atoms with E-state index in [0.717, 1.165) is 6.07 Å². The first-order valence-electron chi connectivity index (χ1n) is 5.53. The minimum atomic E-state index is -3.83. The molecule has 19 heavy (non-hydrogen) atoms. The van der Waals surface area contributed by atoms with Gasteiger partial charge in [0.2, 0.25) is 0 Å². The van der Waals surface area contributed by atoms with Crippen LogP contribution in [0.4, 0.5) is 15.8 Å². The molecule has 6 heteroatoms. The molecule has 0 radical (unpaired) electrons. The summed E-state index contributed by atoms with van der Waals surface area (Å²) in [5, 5.41) is 0. The van der Waals surface area contributed by atoms with E-state index in [0.29, 0.717) is 16.9 Å². The SMILES string of the molecule is Cc1ccc(F)cc1S(=O)(=O)Nc1cccc(N)c1. The normalized spacial score (nSPS) is 11.3. The molecule has 0 saturated carbocycles. The second-order valence-electron chi connectivity index (χ2n) is 4.14. The molecule has 0 aliphatic heterocycles. The minimum absolute atomic E-state index is 0.0880. The zero-order valence-electron chi connectivity index (χ0n) is 10.2. The van der Waals surface area contributed by atoms with Gasteiger partial charge in [-0.1, -0.05) is 12.1 Å². The van der Waals surface area contributed by atoms with Crippen LogP contribution in [0.5, 0.6) is 0 Å². The van der Waals surface area contributed by atoms with Crippen LogP contribution in [0.25, 0.3) is 0 Å². The topological polar surface area (TPSA) is 72.2 Å². The molecule has 2 aromatic rings. The number of sulfonamides is 1. The highest BCUT2D eigenvalue weighted by atomic mass is 32.2. The van der Waals surface area contributed by atoms with Gasteiger partial charge in [0.05, 0.1) is 10.6 Å². The first-order valence-corrected chi connectivity index (χ1v) is 7.01. The average Bonchev–Trinajstić information content (AvgIpc) is 2.31. The molecule has 0 atom stereocenters. The summed E-state index contributed by atoms with van der Waals surface area (Å²) in [4.78, 5) is -0.0880. The molecule has 0 amide bonds. The van der Waals surface area contributed by atoms with Crippen LogP contribution in [-0.4, -0.2) is 8.42 Å². The van der Waals surface area contributed by atoms with Crippen LogP contribution >= 0.6 is 0 Å². The smallest absolute Gasteiger partial charge is 0.262 e. The Hall–Kier alpha value is -2.08. The number of benzene rings is 2. The van der Waals surface area contributed by atoms with Crippen LogP contribution in [0.3, 0.4) is 0 Å². The van der Waals surface area contributed by atoms with Crippen molar-refractivity contribution in [1.82, 2.24) is 0 Å². The van der Waals surface area contributed by atoms with E-state index < -0.39 is 15.8 Å². The Bertz CT molecular complexity index is 714. The van der Waals surface area contributed by atoms with Gasteiger partial charge in [-0.2, -0.15) is 0 Å². The van der Waals surface area contributed by atoms with Gasteiger partial charge < -0.3 is 5.73 Å². The van der Waals surface area contributed by atoms with Crippen LogP contribution in [0.2, 0.25) is 0 Å². The standard InChI is InChI=1S/C13H13FN2O2S/c1-9-5-6-10(14)7-13(9)19(17,18)16-12-4-2-3-11(15)8-12/h2-8,16H,15H2,1H3. The number of hydrogen-bond donors (Lipinski definition) is 2. The third-order valence-electron chi connectivity index (χ3n) is 2.58. The first-order chi connectivity index (χ1) is 8.88. The van der Waals surface area contributed by atoms with E-state index in [1.54, 1.807) is 25.1 Å². The van der Waals surface area contributed by atoms with Crippen molar-refractivity contribution in [3.05, 3.63) is 53.8 Å². The molecule has 2 aromatic carbocycles. The fourth-order valence-corrected chi connectivity index (χ4v) is 2.98. The maximum absolute atomic E-state index is 13.2. The fourth-order valence-electron chi connectivity index (χ4n) is 1.68. The molecule has 0 bridgehead atoms. The molecule has 2 rings (SSSR count). The van der Waals surface area contributed by atoms with Crippen LogP contribution in [-0.2, 0) is 10.0 Å². The van der Waals surface area contributed by atoms with Crippen LogP contribution in [0, 0.1) is 12.7 Å². The largest absolute Gasteiger partial charge is 0.399 e. The zero-order chi connectivity index (χ0) is 14.0. The zero-order valence-corrected chi connectivity index (χ0v) is 11.0. The molecule has 100 valence electrons. The van der Waals surface area contributed by atoms with Crippen LogP contribution in [0.15, 0.2) is 47.4 Å². The van der Waals surface area contributed by atoms with Crippen molar-refractivity contribution in [3.63, 3.8) is 0 Å². The van der Waals surface area contributed by atoms with Gasteiger partial charge in [0.1, 0.15) is 5.82 Å². The molecule has 0 aliphatic rings. The van der Waals surface area contributed by atoms with Gasteiger partial charge in [-0.3, -0.25) is 4.72 Å². The molecule has 4 nitrogen and oxygen atoms in total. The van der Waals surface area contributed by atoms with E-state index in [-0.39, 0.29) is 4.90 Å². The molecule has 0 spiro atoms. The lowest BCUT2D eigenvalue weighted by molar-refractivity contribution is 0.594. The summed E-state index contributed by atoms with van der Waals surface area (Å²) in [5.74, 6) is -0.599. The number of anilines is 2. The lowest BCUT2D eigenvalue weighted by atomic mass is 10.2. The van der Waals surface area contributed by atoms with Crippen molar-refractivity contribution >= 4 is 21.4 Å². The predicted molar refractivity (Wildman–Crippen MR) is 72.8 cm³/mol. The molecule has 0 aliphatic carbocycles. The number of aryl methyl sites for hydroxylation is 1. The third-order valence-corrected chi connectivity index (χ3v) is 4.10. The van der Waals surface area contributed by atoms with Crippen molar-refractivity contribution in [1.29, 1.82) is 0 Å². The van der Waals surface area contributed by atoms with Crippen molar-refractivity contribution in [2.24, 2.45) is 0 Å². The number of nitrogen functional groups attached to an aromatic ring is 1. The Morgan fingerprint density at radius 1 is 1.16 bits per heavy atom. The Morgan fingerprint density at radius 3 is 2.58 bits per heavy atom. The summed E-state index contributed by atoms with van der Waals surface area (Å²) in [6.07, 6.45) is 0. The van der Waals surface area contributed by atoms with E-state index in [9.17, 15) is 12.8 Å². The molecule has 0 heterocycles. The summed E-state index contributed by atoms with van der Waals surface area (Å²) in [6, 6.07) is 9.97. The average molecular weight is 280 g/mol. The van der Waals surface area contributed by atoms with E-state index in [2.05, 4.69) is 4.72 Å². The number of hydrogen-bond acceptors (Lipinski definition) is 3. The second kappa shape index (κ2) is 4.89. The third kappa shape index (κ3) is 3.03. The highest BCUT2D eigenvalue weighted by molar-refractivity contribution is 7.92. The van der Waals surface area contributed by atoms with Gasteiger partial charge in [-0.05, 0) is 42.8 Å². The number of halogens is 1. The van der Waals surface area contributed by atoms with Gasteiger partial charge in [-0.15, -0.1) is 0 Å². The van der Waals surface area contributed by atoms with E-state index in [4.69, 9.17) is 5.73 Å². The maximum atomic E-state index is 13.2. The Morgan fingerprint density at radius 2 is 1.89 bits per heavy atom. The number of nitrogens with one attached hydrogen (secondary N) is 1. The molecular weight excluding hydrogens is 267 g/mol. The van der Waals surface area contributed by atoms with Crippen molar-refractivity contribution in [3.8, 4) is 0 Å². The van der Waals surface area contributed by atoms with E-state index >= 15 is 0 Å². The first kappa shape index (κ1) is 13.4. The Balaban J connectivity index is 2.40. The molecule has 0 saturated heterocycles. The summed E-state index contributed by atoms with van der Waals surface area (Å²) < 4.78 is 39.9. The number of rotatable bonds is 3.